The van der Waals surface area contributed by atoms with Gasteiger partial charge in [0.25, 0.3) is 0 Å². The van der Waals surface area contributed by atoms with Crippen LogP contribution in [0.5, 0.6) is 5.75 Å². The highest BCUT2D eigenvalue weighted by molar-refractivity contribution is 7.56. The van der Waals surface area contributed by atoms with Gasteiger partial charge in [-0.1, -0.05) is 11.6 Å². The first-order chi connectivity index (χ1) is 8.84. The summed E-state index contributed by atoms with van der Waals surface area (Å²) in [6.45, 7) is 0. The normalized spacial score (nSPS) is 18.7. The van der Waals surface area contributed by atoms with Gasteiger partial charge in [0.05, 0.1) is 0 Å². The standard InChI is InChI=1S/C11H12ClN2O4P/c1-13-10(15)7-11(16)14(2)19(13,17)18-9-5-3-8(12)4-6-9/h3-6H,7H2,1-2H3. The van der Waals surface area contributed by atoms with E-state index in [0.717, 1.165) is 9.34 Å². The Hall–Kier alpha value is -1.52. The van der Waals surface area contributed by atoms with Gasteiger partial charge in [-0.25, -0.2) is 13.9 Å². The molecule has 1 aromatic carbocycles. The third-order valence-electron chi connectivity index (χ3n) is 2.82. The van der Waals surface area contributed by atoms with Crippen LogP contribution in [0.2, 0.25) is 5.02 Å². The molecule has 1 aliphatic rings. The van der Waals surface area contributed by atoms with Crippen LogP contribution in [-0.2, 0) is 14.2 Å². The Kier molecular flexibility index (Phi) is 3.56. The maximum absolute atomic E-state index is 12.7. The molecule has 2 rings (SSSR count). The molecular weight excluding hydrogens is 291 g/mol. The minimum absolute atomic E-state index is 0.272. The fourth-order valence-electron chi connectivity index (χ4n) is 1.60. The molecule has 1 heterocycles. The zero-order valence-electron chi connectivity index (χ0n) is 10.4. The number of benzene rings is 1. The van der Waals surface area contributed by atoms with Crippen molar-refractivity contribution in [1.29, 1.82) is 0 Å². The van der Waals surface area contributed by atoms with Crippen molar-refractivity contribution in [3.63, 3.8) is 0 Å². The van der Waals surface area contributed by atoms with E-state index in [1.54, 1.807) is 12.1 Å². The number of hydrogen-bond donors (Lipinski definition) is 0. The van der Waals surface area contributed by atoms with Crippen LogP contribution in [0.4, 0.5) is 0 Å². The van der Waals surface area contributed by atoms with Gasteiger partial charge in [0, 0.05) is 19.1 Å². The number of halogens is 1. The summed E-state index contributed by atoms with van der Waals surface area (Å²) in [4.78, 5) is 23.2. The maximum atomic E-state index is 12.7. The topological polar surface area (TPSA) is 66.9 Å². The summed E-state index contributed by atoms with van der Waals surface area (Å²) in [5.41, 5.74) is 0. The zero-order valence-corrected chi connectivity index (χ0v) is 12.0. The van der Waals surface area contributed by atoms with Crippen molar-refractivity contribution < 1.29 is 18.7 Å². The summed E-state index contributed by atoms with van der Waals surface area (Å²) < 4.78 is 20.0. The monoisotopic (exact) mass is 302 g/mol. The van der Waals surface area contributed by atoms with Gasteiger partial charge in [-0.2, -0.15) is 0 Å². The SMILES string of the molecule is CN1C(=O)CC(=O)N(C)P1(=O)Oc1ccc(Cl)cc1. The van der Waals surface area contributed by atoms with Crippen LogP contribution in [0, 0.1) is 0 Å². The van der Waals surface area contributed by atoms with Crippen molar-refractivity contribution in [1.82, 2.24) is 9.34 Å². The summed E-state index contributed by atoms with van der Waals surface area (Å²) >= 11 is 5.74. The van der Waals surface area contributed by atoms with Crippen LogP contribution in [-0.4, -0.2) is 35.3 Å². The second-order valence-corrected chi connectivity index (χ2v) is 6.85. The molecular formula is C11H12ClN2O4P. The number of nitrogens with zero attached hydrogens (tertiary/aromatic N) is 2. The molecule has 1 aliphatic heterocycles. The van der Waals surface area contributed by atoms with Gasteiger partial charge in [0.1, 0.15) is 12.2 Å². The lowest BCUT2D eigenvalue weighted by molar-refractivity contribution is -0.138. The van der Waals surface area contributed by atoms with Crippen molar-refractivity contribution in [2.75, 3.05) is 14.1 Å². The largest absolute Gasteiger partial charge is 0.453 e. The first-order valence-electron chi connectivity index (χ1n) is 5.44. The third kappa shape index (κ3) is 2.46. The average molecular weight is 303 g/mol. The Morgan fingerprint density at radius 1 is 1.11 bits per heavy atom. The second-order valence-electron chi connectivity index (χ2n) is 4.05. The molecule has 0 spiro atoms. The van der Waals surface area contributed by atoms with E-state index in [0.29, 0.717) is 5.02 Å². The highest BCUT2D eigenvalue weighted by Gasteiger charge is 2.47. The van der Waals surface area contributed by atoms with Crippen LogP contribution < -0.4 is 4.52 Å². The van der Waals surface area contributed by atoms with Gasteiger partial charge in [-0.15, -0.1) is 0 Å². The minimum atomic E-state index is -3.72. The van der Waals surface area contributed by atoms with Crippen LogP contribution in [0.25, 0.3) is 0 Å². The summed E-state index contributed by atoms with van der Waals surface area (Å²) in [6, 6.07) is 6.17. The van der Waals surface area contributed by atoms with Gasteiger partial charge in [0.2, 0.25) is 11.8 Å². The molecule has 2 amide bonds. The molecule has 1 aromatic rings. The molecule has 0 saturated carbocycles. The Morgan fingerprint density at radius 3 is 2.05 bits per heavy atom. The number of carbonyl (C=O) groups is 2. The summed E-state index contributed by atoms with van der Waals surface area (Å²) in [5, 5.41) is 0.503. The van der Waals surface area contributed by atoms with Crippen LogP contribution in [0.1, 0.15) is 6.42 Å². The van der Waals surface area contributed by atoms with Crippen LogP contribution >= 0.6 is 19.3 Å². The third-order valence-corrected chi connectivity index (χ3v) is 5.48. The summed E-state index contributed by atoms with van der Waals surface area (Å²) in [7, 11) is -1.02. The highest BCUT2D eigenvalue weighted by atomic mass is 35.5. The molecule has 0 radical (unpaired) electrons. The Morgan fingerprint density at radius 2 is 1.58 bits per heavy atom. The van der Waals surface area contributed by atoms with Gasteiger partial charge < -0.3 is 4.52 Å². The first-order valence-corrected chi connectivity index (χ1v) is 7.34. The number of amides is 2. The summed E-state index contributed by atoms with van der Waals surface area (Å²) in [6.07, 6.45) is -0.305. The van der Waals surface area contributed by atoms with Gasteiger partial charge in [-0.05, 0) is 24.3 Å². The molecule has 8 heteroatoms. The maximum Gasteiger partial charge on any atom is 0.453 e. The van der Waals surface area contributed by atoms with E-state index < -0.39 is 19.5 Å². The number of rotatable bonds is 2. The van der Waals surface area contributed by atoms with Crippen molar-refractivity contribution in [2.45, 2.75) is 6.42 Å². The van der Waals surface area contributed by atoms with Gasteiger partial charge in [-0.3, -0.25) is 9.59 Å². The van der Waals surface area contributed by atoms with Crippen molar-refractivity contribution in [3.05, 3.63) is 29.3 Å². The van der Waals surface area contributed by atoms with Crippen LogP contribution in [0.15, 0.2) is 24.3 Å². The fourth-order valence-corrected chi connectivity index (χ4v) is 3.47. The predicted octanol–water partition coefficient (Wildman–Crippen LogP) is 2.15. The fraction of sp³-hybridized carbons (Fsp3) is 0.273. The quantitative estimate of drug-likeness (QED) is 0.620. The van der Waals surface area contributed by atoms with Gasteiger partial charge >= 0.3 is 7.67 Å². The van der Waals surface area contributed by atoms with E-state index in [-0.39, 0.29) is 12.2 Å². The predicted molar refractivity (Wildman–Crippen MR) is 69.8 cm³/mol. The van der Waals surface area contributed by atoms with E-state index >= 15 is 0 Å². The number of hydrogen-bond acceptors (Lipinski definition) is 4. The van der Waals surface area contributed by atoms with Crippen molar-refractivity contribution in [3.8, 4) is 5.75 Å². The molecule has 0 aromatic heterocycles. The lowest BCUT2D eigenvalue weighted by atomic mass is 10.3. The molecule has 1 saturated heterocycles. The Balaban J connectivity index is 2.33. The van der Waals surface area contributed by atoms with E-state index in [1.165, 1.54) is 26.2 Å². The van der Waals surface area contributed by atoms with Gasteiger partial charge in [0.15, 0.2) is 0 Å². The molecule has 0 aliphatic carbocycles. The number of carbonyl (C=O) groups excluding carboxylic acids is 2. The summed E-state index contributed by atoms with van der Waals surface area (Å²) in [5.74, 6) is -0.783. The molecule has 0 bridgehead atoms. The first kappa shape index (κ1) is 13.9. The zero-order chi connectivity index (χ0) is 14.2. The van der Waals surface area contributed by atoms with E-state index in [4.69, 9.17) is 16.1 Å². The highest BCUT2D eigenvalue weighted by Crippen LogP contribution is 2.55. The Labute approximate surface area is 115 Å². The molecule has 102 valence electrons. The van der Waals surface area contributed by atoms with Crippen molar-refractivity contribution in [2.24, 2.45) is 0 Å². The minimum Gasteiger partial charge on any atom is -0.414 e. The molecule has 1 fully saturated rings. The van der Waals surface area contributed by atoms with E-state index in [9.17, 15) is 14.2 Å². The lowest BCUT2D eigenvalue weighted by Crippen LogP contribution is -2.44. The molecule has 0 atom stereocenters. The molecule has 0 N–H and O–H groups in total. The molecule has 6 nitrogen and oxygen atoms in total. The second kappa shape index (κ2) is 4.87. The lowest BCUT2D eigenvalue weighted by Gasteiger charge is -2.37. The van der Waals surface area contributed by atoms with Crippen LogP contribution in [0.3, 0.4) is 0 Å². The Bertz CT molecular complexity index is 551. The molecule has 0 unspecified atom stereocenters. The van der Waals surface area contributed by atoms with E-state index in [2.05, 4.69) is 0 Å². The molecule has 19 heavy (non-hydrogen) atoms. The van der Waals surface area contributed by atoms with E-state index in [1.807, 2.05) is 0 Å². The van der Waals surface area contributed by atoms with Crippen molar-refractivity contribution >= 4 is 31.1 Å². The smallest absolute Gasteiger partial charge is 0.414 e. The average Bonchev–Trinajstić information content (AvgIpc) is 2.37.